The Bertz CT molecular complexity index is 748. The van der Waals surface area contributed by atoms with Gasteiger partial charge in [-0.25, -0.2) is 0 Å². The highest BCUT2D eigenvalue weighted by Gasteiger charge is 2.68. The molecule has 6 atom stereocenters. The molecule has 0 unspecified atom stereocenters. The molecule has 5 fully saturated rings. The van der Waals surface area contributed by atoms with Crippen molar-refractivity contribution >= 4 is 11.8 Å². The van der Waals surface area contributed by atoms with Gasteiger partial charge in [0.1, 0.15) is 12.4 Å². The van der Waals surface area contributed by atoms with Gasteiger partial charge in [0, 0.05) is 31.5 Å². The van der Waals surface area contributed by atoms with Crippen LogP contribution >= 0.6 is 0 Å². The second-order valence-electron chi connectivity index (χ2n) is 12.2. The number of nitrogens with zero attached hydrogens (tertiary/aromatic N) is 1. The maximum atomic E-state index is 13.5. The summed E-state index contributed by atoms with van der Waals surface area (Å²) in [5, 5.41) is 0. The average Bonchev–Trinajstić information content (AvgIpc) is 2.92. The molecule has 174 valence electrons. The molecule has 1 aliphatic heterocycles. The normalized spacial score (nSPS) is 47.5. The van der Waals surface area contributed by atoms with E-state index in [1.165, 1.54) is 6.42 Å². The van der Waals surface area contributed by atoms with E-state index in [-0.39, 0.29) is 27.6 Å². The van der Waals surface area contributed by atoms with Gasteiger partial charge < -0.3 is 9.47 Å². The standard InChI is InChI=1S/C26H41NO4/c1-23-9-5-20-24(2)7-4-8-25(3,19(24)6-10-26(20,18-23)17-21(23)28)22(29)31-16-13-27-11-14-30-15-12-27/h19-20H,4-18H2,1-3H3/t19-,20-,23-,24+,25+,26-/m0/s1. The van der Waals surface area contributed by atoms with Crippen LogP contribution in [0.1, 0.15) is 78.6 Å². The third kappa shape index (κ3) is 3.32. The zero-order valence-corrected chi connectivity index (χ0v) is 19.8. The van der Waals surface area contributed by atoms with E-state index in [1.54, 1.807) is 0 Å². The summed E-state index contributed by atoms with van der Waals surface area (Å²) in [5.41, 5.74) is -0.104. The number of hydrogen-bond acceptors (Lipinski definition) is 5. The smallest absolute Gasteiger partial charge is 0.312 e. The third-order valence-corrected chi connectivity index (χ3v) is 10.6. The minimum Gasteiger partial charge on any atom is -0.464 e. The van der Waals surface area contributed by atoms with Crippen LogP contribution in [-0.4, -0.2) is 56.1 Å². The van der Waals surface area contributed by atoms with Crippen LogP contribution in [-0.2, 0) is 19.1 Å². The van der Waals surface area contributed by atoms with Crippen molar-refractivity contribution in [2.75, 3.05) is 39.5 Å². The predicted octanol–water partition coefficient (Wildman–Crippen LogP) is 4.23. The van der Waals surface area contributed by atoms with Crippen molar-refractivity contribution in [2.24, 2.45) is 33.5 Å². The number of rotatable bonds is 4. The Kier molecular flexibility index (Phi) is 5.33. The van der Waals surface area contributed by atoms with Crippen molar-refractivity contribution in [1.29, 1.82) is 0 Å². The molecule has 5 nitrogen and oxygen atoms in total. The number of Topliss-reactive ketones (excluding diaryl/α,β-unsaturated/α-hetero) is 1. The van der Waals surface area contributed by atoms with E-state index in [9.17, 15) is 9.59 Å². The molecule has 0 aromatic heterocycles. The van der Waals surface area contributed by atoms with E-state index in [1.807, 2.05) is 0 Å². The molecule has 4 aliphatic carbocycles. The monoisotopic (exact) mass is 431 g/mol. The molecule has 0 radical (unpaired) electrons. The summed E-state index contributed by atoms with van der Waals surface area (Å²) in [5.74, 6) is 1.49. The first-order chi connectivity index (χ1) is 14.7. The Morgan fingerprint density at radius 3 is 2.58 bits per heavy atom. The fraction of sp³-hybridized carbons (Fsp3) is 0.923. The number of hydrogen-bond donors (Lipinski definition) is 0. The number of ether oxygens (including phenoxy) is 2. The summed E-state index contributed by atoms with van der Waals surface area (Å²) in [6.45, 7) is 11.6. The van der Waals surface area contributed by atoms with Crippen LogP contribution in [0.5, 0.6) is 0 Å². The minimum atomic E-state index is -0.386. The molecule has 0 N–H and O–H groups in total. The summed E-state index contributed by atoms with van der Waals surface area (Å²) in [4.78, 5) is 28.7. The fourth-order valence-electron chi connectivity index (χ4n) is 9.01. The number of morpholine rings is 1. The van der Waals surface area contributed by atoms with Gasteiger partial charge in [-0.1, -0.05) is 20.3 Å². The molecule has 1 spiro atoms. The zero-order valence-electron chi connectivity index (χ0n) is 19.8. The maximum absolute atomic E-state index is 13.5. The van der Waals surface area contributed by atoms with Crippen molar-refractivity contribution in [2.45, 2.75) is 78.6 Å². The van der Waals surface area contributed by atoms with E-state index in [4.69, 9.17) is 9.47 Å². The topological polar surface area (TPSA) is 55.8 Å². The van der Waals surface area contributed by atoms with E-state index in [0.717, 1.165) is 84.2 Å². The van der Waals surface area contributed by atoms with Crippen LogP contribution in [0.4, 0.5) is 0 Å². The first-order valence-corrected chi connectivity index (χ1v) is 12.7. The summed E-state index contributed by atoms with van der Waals surface area (Å²) >= 11 is 0. The van der Waals surface area contributed by atoms with Crippen molar-refractivity contribution < 1.29 is 19.1 Å². The first-order valence-electron chi connectivity index (χ1n) is 12.7. The number of esters is 1. The van der Waals surface area contributed by atoms with E-state index in [0.29, 0.717) is 24.2 Å². The van der Waals surface area contributed by atoms with Gasteiger partial charge in [0.25, 0.3) is 0 Å². The lowest BCUT2D eigenvalue weighted by atomic mass is 9.40. The first kappa shape index (κ1) is 21.9. The van der Waals surface area contributed by atoms with Crippen LogP contribution in [0.15, 0.2) is 0 Å². The Balaban J connectivity index is 1.31. The van der Waals surface area contributed by atoms with Gasteiger partial charge >= 0.3 is 5.97 Å². The van der Waals surface area contributed by atoms with Gasteiger partial charge in [0.05, 0.1) is 18.6 Å². The third-order valence-electron chi connectivity index (χ3n) is 10.6. The second kappa shape index (κ2) is 7.55. The lowest BCUT2D eigenvalue weighted by Gasteiger charge is -2.63. The molecular formula is C26H41NO4. The molecule has 5 heteroatoms. The Hall–Kier alpha value is -0.940. The highest BCUT2D eigenvalue weighted by molar-refractivity contribution is 5.88. The molecule has 1 saturated heterocycles. The van der Waals surface area contributed by atoms with Crippen LogP contribution < -0.4 is 0 Å². The highest BCUT2D eigenvalue weighted by Crippen LogP contribution is 2.73. The minimum absolute atomic E-state index is 0.0239. The predicted molar refractivity (Wildman–Crippen MR) is 119 cm³/mol. The largest absolute Gasteiger partial charge is 0.464 e. The van der Waals surface area contributed by atoms with E-state index in [2.05, 4.69) is 25.7 Å². The van der Waals surface area contributed by atoms with Crippen molar-refractivity contribution in [3.63, 3.8) is 0 Å². The molecule has 2 bridgehead atoms. The number of ketones is 1. The quantitative estimate of drug-likeness (QED) is 0.624. The Labute approximate surface area is 187 Å². The van der Waals surface area contributed by atoms with Crippen LogP contribution in [0.25, 0.3) is 0 Å². The summed E-state index contributed by atoms with van der Waals surface area (Å²) < 4.78 is 11.3. The number of carbonyl (C=O) groups is 2. The molecule has 5 aliphatic rings. The van der Waals surface area contributed by atoms with Crippen molar-refractivity contribution in [1.82, 2.24) is 4.90 Å². The Morgan fingerprint density at radius 2 is 1.81 bits per heavy atom. The second-order valence-corrected chi connectivity index (χ2v) is 12.2. The molecular weight excluding hydrogens is 390 g/mol. The SMILES string of the molecule is C[C@@]12CC[C@@H]3[C@@](CC[C@H]4[C@@]3(C)CCC[C@@]4(C)C(=O)OCCN3CCOCC3)(CC1=O)C2. The molecule has 0 aromatic carbocycles. The number of fused-ring (bicyclic) bond motifs is 3. The molecule has 0 amide bonds. The summed E-state index contributed by atoms with van der Waals surface area (Å²) in [7, 11) is 0. The average molecular weight is 432 g/mol. The van der Waals surface area contributed by atoms with Crippen LogP contribution in [0, 0.1) is 33.5 Å². The highest BCUT2D eigenvalue weighted by atomic mass is 16.5. The summed E-state index contributed by atoms with van der Waals surface area (Å²) in [6, 6.07) is 0. The molecule has 1 heterocycles. The van der Waals surface area contributed by atoms with Gasteiger partial charge in [0.15, 0.2) is 0 Å². The molecule has 31 heavy (non-hydrogen) atoms. The van der Waals surface area contributed by atoms with Crippen molar-refractivity contribution in [3.8, 4) is 0 Å². The van der Waals surface area contributed by atoms with Gasteiger partial charge in [0.2, 0.25) is 0 Å². The fourth-order valence-corrected chi connectivity index (χ4v) is 9.01. The van der Waals surface area contributed by atoms with Crippen LogP contribution in [0.2, 0.25) is 0 Å². The maximum Gasteiger partial charge on any atom is 0.312 e. The van der Waals surface area contributed by atoms with E-state index < -0.39 is 0 Å². The zero-order chi connectivity index (χ0) is 21.9. The van der Waals surface area contributed by atoms with Crippen molar-refractivity contribution in [3.05, 3.63) is 0 Å². The van der Waals surface area contributed by atoms with E-state index >= 15 is 0 Å². The van der Waals surface area contributed by atoms with Gasteiger partial charge in [-0.3, -0.25) is 14.5 Å². The lowest BCUT2D eigenvalue weighted by molar-refractivity contribution is -0.188. The molecule has 0 aromatic rings. The van der Waals surface area contributed by atoms with Crippen LogP contribution in [0.3, 0.4) is 0 Å². The summed E-state index contributed by atoms with van der Waals surface area (Å²) in [6.07, 6.45) is 9.52. The Morgan fingerprint density at radius 1 is 1.06 bits per heavy atom. The van der Waals surface area contributed by atoms with Gasteiger partial charge in [-0.15, -0.1) is 0 Å². The number of carbonyl (C=O) groups excluding carboxylic acids is 2. The van der Waals surface area contributed by atoms with Gasteiger partial charge in [-0.2, -0.15) is 0 Å². The molecule has 4 saturated carbocycles. The molecule has 5 rings (SSSR count). The lowest BCUT2D eigenvalue weighted by Crippen LogP contribution is -2.59. The van der Waals surface area contributed by atoms with Gasteiger partial charge in [-0.05, 0) is 74.5 Å².